The maximum Gasteiger partial charge on any atom is 0.199 e. The Labute approximate surface area is 185 Å². The molecule has 0 atom stereocenters. The molecule has 0 aromatic heterocycles. The summed E-state index contributed by atoms with van der Waals surface area (Å²) in [6, 6.07) is 5.74. The van der Waals surface area contributed by atoms with E-state index in [1.807, 2.05) is 0 Å². The number of hydrogen-bond acceptors (Lipinski definition) is 1. The molecule has 0 unspecified atom stereocenters. The largest absolute Gasteiger partial charge is 0.204 e. The van der Waals surface area contributed by atoms with Crippen LogP contribution >= 0.6 is 0 Å². The highest BCUT2D eigenvalue weighted by Gasteiger charge is 2.30. The van der Waals surface area contributed by atoms with Gasteiger partial charge in [-0.25, -0.2) is 8.78 Å². The van der Waals surface area contributed by atoms with Crippen molar-refractivity contribution < 1.29 is 13.2 Å². The number of nitriles is 1. The van der Waals surface area contributed by atoms with E-state index in [0.717, 1.165) is 42.6 Å². The maximum absolute atomic E-state index is 13.3. The van der Waals surface area contributed by atoms with Crippen molar-refractivity contribution in [2.45, 2.75) is 77.0 Å². The maximum atomic E-state index is 13.3. The summed E-state index contributed by atoms with van der Waals surface area (Å²) in [6.07, 6.45) is 19.5. The summed E-state index contributed by atoms with van der Waals surface area (Å²) in [5.74, 6) is 0.794. The first kappa shape index (κ1) is 23.6. The van der Waals surface area contributed by atoms with E-state index >= 15 is 0 Å². The smallest absolute Gasteiger partial charge is 0.199 e. The van der Waals surface area contributed by atoms with Crippen LogP contribution in [0.5, 0.6) is 0 Å². The van der Waals surface area contributed by atoms with Gasteiger partial charge in [-0.15, -0.1) is 0 Å². The minimum Gasteiger partial charge on any atom is -0.204 e. The molecule has 2 aliphatic rings. The second-order valence-electron chi connectivity index (χ2n) is 9.46. The van der Waals surface area contributed by atoms with Gasteiger partial charge in [0, 0.05) is 0 Å². The van der Waals surface area contributed by atoms with Crippen LogP contribution in [0.4, 0.5) is 13.2 Å². The number of allylic oxidation sites excluding steroid dienone is 4. The molecule has 0 amide bonds. The molecule has 2 fully saturated rings. The van der Waals surface area contributed by atoms with Crippen LogP contribution in [0.3, 0.4) is 0 Å². The predicted molar refractivity (Wildman–Crippen MR) is 119 cm³/mol. The number of nitrogens with zero attached hydrogens (tertiary/aromatic N) is 1. The second kappa shape index (κ2) is 12.1. The normalized spacial score (nSPS) is 27.4. The van der Waals surface area contributed by atoms with Crippen LogP contribution in [0.25, 0.3) is 0 Å². The predicted octanol–water partition coefficient (Wildman–Crippen LogP) is 8.22. The van der Waals surface area contributed by atoms with Gasteiger partial charge < -0.3 is 0 Å². The van der Waals surface area contributed by atoms with Crippen LogP contribution in [0.2, 0.25) is 0 Å². The lowest BCUT2D eigenvalue weighted by atomic mass is 9.68. The van der Waals surface area contributed by atoms with E-state index in [0.29, 0.717) is 5.92 Å². The number of unbranched alkanes of at least 4 members (excludes halogenated alkanes) is 1. The highest BCUT2D eigenvalue weighted by molar-refractivity contribution is 5.19. The molecule has 2 saturated carbocycles. The average Bonchev–Trinajstić information content (AvgIpc) is 2.80. The van der Waals surface area contributed by atoms with Gasteiger partial charge in [0.2, 0.25) is 0 Å². The zero-order valence-electron chi connectivity index (χ0n) is 18.3. The van der Waals surface area contributed by atoms with Crippen molar-refractivity contribution in [2.24, 2.45) is 23.7 Å². The number of hydrogen-bond donors (Lipinski definition) is 0. The molecular formula is C27H34F3N. The van der Waals surface area contributed by atoms with E-state index in [9.17, 15) is 13.2 Å². The summed E-state index contributed by atoms with van der Waals surface area (Å²) in [5.41, 5.74) is 0.888. The van der Waals surface area contributed by atoms with Gasteiger partial charge in [-0.2, -0.15) is 9.65 Å². The minimum absolute atomic E-state index is 0.518. The van der Waals surface area contributed by atoms with Crippen molar-refractivity contribution >= 4 is 0 Å². The standard InChI is InChI=1S/C27H34F3N/c28-25(19-31)7-3-6-21-10-15-24(16-11-21)23-13-8-20(9-14-23)4-1-2-5-22-12-17-26(29)27(30)18-22/h3,6-7,12,17-18,20-21,23-24H,1-2,4-5,8-11,13-16H2/b6-3+,25-7-. The van der Waals surface area contributed by atoms with Gasteiger partial charge >= 0.3 is 0 Å². The van der Waals surface area contributed by atoms with Crippen LogP contribution in [-0.4, -0.2) is 0 Å². The highest BCUT2D eigenvalue weighted by Crippen LogP contribution is 2.42. The molecule has 3 rings (SSSR count). The van der Waals surface area contributed by atoms with Crippen molar-refractivity contribution in [3.05, 3.63) is 59.5 Å². The fourth-order valence-electron chi connectivity index (χ4n) is 5.55. The van der Waals surface area contributed by atoms with E-state index in [1.54, 1.807) is 12.1 Å². The Hall–Kier alpha value is -2.02. The summed E-state index contributed by atoms with van der Waals surface area (Å²) in [4.78, 5) is 0. The lowest BCUT2D eigenvalue weighted by Crippen LogP contribution is -2.25. The monoisotopic (exact) mass is 429 g/mol. The zero-order valence-corrected chi connectivity index (χ0v) is 18.3. The molecule has 0 saturated heterocycles. The second-order valence-corrected chi connectivity index (χ2v) is 9.46. The molecule has 1 aromatic carbocycles. The fraction of sp³-hybridized carbons (Fsp3) is 0.593. The van der Waals surface area contributed by atoms with E-state index in [-0.39, 0.29) is 0 Å². The number of rotatable bonds is 8. The first-order valence-electron chi connectivity index (χ1n) is 11.9. The van der Waals surface area contributed by atoms with Gasteiger partial charge in [-0.1, -0.05) is 43.9 Å². The Morgan fingerprint density at radius 1 is 0.935 bits per heavy atom. The molecule has 0 aliphatic heterocycles. The quantitative estimate of drug-likeness (QED) is 0.232. The van der Waals surface area contributed by atoms with Crippen molar-refractivity contribution in [1.82, 2.24) is 0 Å². The summed E-state index contributed by atoms with van der Waals surface area (Å²) >= 11 is 0. The Morgan fingerprint density at radius 2 is 1.61 bits per heavy atom. The first-order valence-corrected chi connectivity index (χ1v) is 11.9. The molecule has 168 valence electrons. The molecule has 1 aromatic rings. The lowest BCUT2D eigenvalue weighted by molar-refractivity contribution is 0.151. The first-order chi connectivity index (χ1) is 15.0. The van der Waals surface area contributed by atoms with Crippen LogP contribution < -0.4 is 0 Å². The Kier molecular flexibility index (Phi) is 9.25. The Morgan fingerprint density at radius 3 is 2.26 bits per heavy atom. The van der Waals surface area contributed by atoms with Gasteiger partial charge in [0.1, 0.15) is 6.07 Å². The summed E-state index contributed by atoms with van der Waals surface area (Å²) in [7, 11) is 0. The molecule has 0 bridgehead atoms. The third-order valence-corrected chi connectivity index (χ3v) is 7.42. The summed E-state index contributed by atoms with van der Waals surface area (Å²) < 4.78 is 39.1. The van der Waals surface area contributed by atoms with E-state index in [1.165, 1.54) is 82.1 Å². The van der Waals surface area contributed by atoms with Gasteiger partial charge in [-0.3, -0.25) is 0 Å². The van der Waals surface area contributed by atoms with Crippen molar-refractivity contribution in [1.29, 1.82) is 5.26 Å². The van der Waals surface area contributed by atoms with Gasteiger partial charge in [0.15, 0.2) is 17.5 Å². The molecule has 0 spiro atoms. The third-order valence-electron chi connectivity index (χ3n) is 7.42. The van der Waals surface area contributed by atoms with Crippen LogP contribution in [0.15, 0.2) is 42.3 Å². The summed E-state index contributed by atoms with van der Waals surface area (Å²) in [5, 5.41) is 8.44. The molecule has 0 radical (unpaired) electrons. The van der Waals surface area contributed by atoms with E-state index < -0.39 is 17.5 Å². The molecule has 31 heavy (non-hydrogen) atoms. The van der Waals surface area contributed by atoms with Gasteiger partial charge in [-0.05, 0) is 98.8 Å². The molecule has 4 heteroatoms. The topological polar surface area (TPSA) is 23.8 Å². The van der Waals surface area contributed by atoms with E-state index in [2.05, 4.69) is 6.08 Å². The van der Waals surface area contributed by atoms with Crippen molar-refractivity contribution in [3.63, 3.8) is 0 Å². The lowest BCUT2D eigenvalue weighted by Gasteiger charge is -2.37. The number of aryl methyl sites for hydroxylation is 1. The molecule has 2 aliphatic carbocycles. The third kappa shape index (κ3) is 7.56. The van der Waals surface area contributed by atoms with Gasteiger partial charge in [0.25, 0.3) is 0 Å². The molecule has 0 heterocycles. The molecule has 1 nitrogen and oxygen atoms in total. The highest BCUT2D eigenvalue weighted by atomic mass is 19.2. The molecular weight excluding hydrogens is 395 g/mol. The average molecular weight is 430 g/mol. The van der Waals surface area contributed by atoms with Crippen molar-refractivity contribution in [3.8, 4) is 6.07 Å². The zero-order chi connectivity index (χ0) is 22.1. The van der Waals surface area contributed by atoms with E-state index in [4.69, 9.17) is 5.26 Å². The number of halogens is 3. The van der Waals surface area contributed by atoms with Crippen molar-refractivity contribution in [2.75, 3.05) is 0 Å². The van der Waals surface area contributed by atoms with Crippen LogP contribution in [-0.2, 0) is 6.42 Å². The SMILES string of the molecule is N#C/C(F)=C/C=C/C1CCC(C2CCC(CCCCc3ccc(F)c(F)c3)CC2)CC1. The molecule has 0 N–H and O–H groups in total. The minimum atomic E-state index is -0.770. The Bertz CT molecular complexity index is 791. The fourth-order valence-corrected chi connectivity index (χ4v) is 5.55. The Balaban J connectivity index is 1.29. The van der Waals surface area contributed by atoms with Crippen LogP contribution in [0, 0.1) is 46.6 Å². The van der Waals surface area contributed by atoms with Crippen LogP contribution in [0.1, 0.15) is 76.2 Å². The van der Waals surface area contributed by atoms with Gasteiger partial charge in [0.05, 0.1) is 0 Å². The number of benzene rings is 1. The summed E-state index contributed by atoms with van der Waals surface area (Å²) in [6.45, 7) is 0.